The molecule has 8 heteroatoms. The fourth-order valence-electron chi connectivity index (χ4n) is 4.39. The Hall–Kier alpha value is -2.90. The first kappa shape index (κ1) is 19.4. The van der Waals surface area contributed by atoms with Crippen LogP contribution in [0, 0.1) is 5.92 Å². The van der Waals surface area contributed by atoms with Crippen LogP contribution in [0.25, 0.3) is 0 Å². The number of urea groups is 1. The number of hydrogen-bond donors (Lipinski definition) is 2. The Kier molecular flexibility index (Phi) is 5.02. The number of aryl methyl sites for hydroxylation is 2. The van der Waals surface area contributed by atoms with E-state index in [9.17, 15) is 19.2 Å². The van der Waals surface area contributed by atoms with Gasteiger partial charge in [0.15, 0.2) is 6.61 Å². The van der Waals surface area contributed by atoms with Crippen LogP contribution < -0.4 is 10.7 Å². The van der Waals surface area contributed by atoms with Crippen molar-refractivity contribution >= 4 is 23.8 Å². The third kappa shape index (κ3) is 3.71. The number of ether oxygens (including phenoxy) is 1. The summed E-state index contributed by atoms with van der Waals surface area (Å²) in [7, 11) is 0. The lowest BCUT2D eigenvalue weighted by Crippen LogP contribution is -2.52. The zero-order chi connectivity index (χ0) is 20.6. The van der Waals surface area contributed by atoms with Gasteiger partial charge in [-0.3, -0.25) is 15.0 Å². The third-order valence-electron chi connectivity index (χ3n) is 6.19. The zero-order valence-corrected chi connectivity index (χ0v) is 16.5. The molecule has 1 aromatic carbocycles. The molecule has 0 radical (unpaired) electrons. The SMILES string of the molecule is CC1CCC2(CC1)NC(=O)N(NC(=O)COC(=O)c1ccc3c(c1)CCC3)C2=O. The van der Waals surface area contributed by atoms with Crippen molar-refractivity contribution in [3.8, 4) is 0 Å². The minimum Gasteiger partial charge on any atom is -0.452 e. The number of fused-ring (bicyclic) bond motifs is 1. The summed E-state index contributed by atoms with van der Waals surface area (Å²) in [6.45, 7) is 1.54. The van der Waals surface area contributed by atoms with Crippen LogP contribution in [-0.4, -0.2) is 41.0 Å². The van der Waals surface area contributed by atoms with Crippen molar-refractivity contribution in [2.75, 3.05) is 6.61 Å². The first-order chi connectivity index (χ1) is 13.9. The number of carbonyl (C=O) groups excluding carboxylic acids is 4. The zero-order valence-electron chi connectivity index (χ0n) is 16.5. The molecule has 3 aliphatic rings. The van der Waals surface area contributed by atoms with Gasteiger partial charge in [0.05, 0.1) is 5.56 Å². The molecule has 2 fully saturated rings. The number of rotatable bonds is 4. The Morgan fingerprint density at radius 1 is 1.21 bits per heavy atom. The number of esters is 1. The van der Waals surface area contributed by atoms with Crippen molar-refractivity contribution in [3.63, 3.8) is 0 Å². The van der Waals surface area contributed by atoms with E-state index >= 15 is 0 Å². The van der Waals surface area contributed by atoms with Gasteiger partial charge in [0.25, 0.3) is 11.8 Å². The highest BCUT2D eigenvalue weighted by atomic mass is 16.5. The normalized spacial score (nSPS) is 25.7. The van der Waals surface area contributed by atoms with Crippen LogP contribution >= 0.6 is 0 Å². The van der Waals surface area contributed by atoms with Gasteiger partial charge in [-0.2, -0.15) is 5.01 Å². The first-order valence-corrected chi connectivity index (χ1v) is 10.1. The van der Waals surface area contributed by atoms with Crippen LogP contribution in [0.2, 0.25) is 0 Å². The second-order valence-electron chi connectivity index (χ2n) is 8.28. The molecule has 0 unspecified atom stereocenters. The van der Waals surface area contributed by atoms with Gasteiger partial charge in [0, 0.05) is 0 Å². The molecule has 2 aliphatic carbocycles. The summed E-state index contributed by atoms with van der Waals surface area (Å²) >= 11 is 0. The molecule has 154 valence electrons. The standard InChI is InChI=1S/C21H25N3O5/c1-13-7-9-21(10-8-13)19(27)24(20(28)22-21)23-17(25)12-29-18(26)16-6-5-14-3-2-4-15(14)11-16/h5-6,11,13H,2-4,7-10,12H2,1H3,(H,22,28)(H,23,25). The van der Waals surface area contributed by atoms with E-state index in [0.717, 1.165) is 37.7 Å². The predicted molar refractivity (Wildman–Crippen MR) is 103 cm³/mol. The maximum absolute atomic E-state index is 12.7. The van der Waals surface area contributed by atoms with Crippen molar-refractivity contribution < 1.29 is 23.9 Å². The molecule has 0 atom stereocenters. The van der Waals surface area contributed by atoms with Crippen molar-refractivity contribution in [1.29, 1.82) is 0 Å². The summed E-state index contributed by atoms with van der Waals surface area (Å²) in [4.78, 5) is 49.3. The van der Waals surface area contributed by atoms with Crippen molar-refractivity contribution in [2.24, 2.45) is 5.92 Å². The second kappa shape index (κ2) is 7.50. The predicted octanol–water partition coefficient (Wildman–Crippen LogP) is 1.86. The molecule has 4 rings (SSSR count). The first-order valence-electron chi connectivity index (χ1n) is 10.1. The summed E-state index contributed by atoms with van der Waals surface area (Å²) < 4.78 is 5.06. The highest BCUT2D eigenvalue weighted by Crippen LogP contribution is 2.35. The summed E-state index contributed by atoms with van der Waals surface area (Å²) in [5.41, 5.74) is 4.10. The van der Waals surface area contributed by atoms with E-state index in [-0.39, 0.29) is 0 Å². The molecule has 29 heavy (non-hydrogen) atoms. The van der Waals surface area contributed by atoms with E-state index in [2.05, 4.69) is 17.7 Å². The second-order valence-corrected chi connectivity index (χ2v) is 8.28. The molecule has 0 bridgehead atoms. The average molecular weight is 399 g/mol. The summed E-state index contributed by atoms with van der Waals surface area (Å²) in [5.74, 6) is -1.28. The number of hydrazine groups is 1. The molecule has 1 saturated heterocycles. The lowest BCUT2D eigenvalue weighted by molar-refractivity contribution is -0.141. The van der Waals surface area contributed by atoms with Crippen LogP contribution in [0.3, 0.4) is 0 Å². The van der Waals surface area contributed by atoms with E-state index < -0.39 is 36.0 Å². The van der Waals surface area contributed by atoms with E-state index in [0.29, 0.717) is 29.3 Å². The smallest absolute Gasteiger partial charge is 0.344 e. The quantitative estimate of drug-likeness (QED) is 0.594. The minimum absolute atomic E-state index is 0.392. The van der Waals surface area contributed by atoms with Gasteiger partial charge in [-0.1, -0.05) is 13.0 Å². The Balaban J connectivity index is 1.32. The Bertz CT molecular complexity index is 873. The van der Waals surface area contributed by atoms with E-state index in [1.54, 1.807) is 12.1 Å². The number of nitrogens with one attached hydrogen (secondary N) is 2. The van der Waals surface area contributed by atoms with Gasteiger partial charge in [-0.05, 0) is 74.1 Å². The Labute approximate surface area is 168 Å². The van der Waals surface area contributed by atoms with E-state index in [1.807, 2.05) is 6.07 Å². The van der Waals surface area contributed by atoms with E-state index in [1.165, 1.54) is 5.56 Å². The molecule has 1 spiro atoms. The number of benzene rings is 1. The van der Waals surface area contributed by atoms with Gasteiger partial charge in [0.2, 0.25) is 0 Å². The summed E-state index contributed by atoms with van der Waals surface area (Å²) in [6, 6.07) is 4.75. The monoisotopic (exact) mass is 399 g/mol. The Morgan fingerprint density at radius 2 is 1.93 bits per heavy atom. The highest BCUT2D eigenvalue weighted by Gasteiger charge is 2.52. The van der Waals surface area contributed by atoms with Crippen LogP contribution in [0.1, 0.15) is 60.5 Å². The molecule has 4 amide bonds. The molecule has 8 nitrogen and oxygen atoms in total. The van der Waals surface area contributed by atoms with Gasteiger partial charge in [-0.25, -0.2) is 9.59 Å². The molecular weight excluding hydrogens is 374 g/mol. The topological polar surface area (TPSA) is 105 Å². The maximum Gasteiger partial charge on any atom is 0.344 e. The molecule has 1 heterocycles. The van der Waals surface area contributed by atoms with Crippen LogP contribution in [0.4, 0.5) is 4.79 Å². The fourth-order valence-corrected chi connectivity index (χ4v) is 4.39. The van der Waals surface area contributed by atoms with Gasteiger partial charge in [0.1, 0.15) is 5.54 Å². The van der Waals surface area contributed by atoms with Crippen molar-refractivity contribution in [2.45, 2.75) is 57.4 Å². The maximum atomic E-state index is 12.7. The molecular formula is C21H25N3O5. The van der Waals surface area contributed by atoms with Gasteiger partial charge < -0.3 is 10.1 Å². The van der Waals surface area contributed by atoms with Gasteiger partial charge >= 0.3 is 12.0 Å². The molecule has 1 aromatic rings. The number of imide groups is 1. The van der Waals surface area contributed by atoms with E-state index in [4.69, 9.17) is 4.74 Å². The van der Waals surface area contributed by atoms with Gasteiger partial charge in [-0.15, -0.1) is 0 Å². The Morgan fingerprint density at radius 3 is 2.69 bits per heavy atom. The van der Waals surface area contributed by atoms with Crippen molar-refractivity contribution in [3.05, 3.63) is 34.9 Å². The highest BCUT2D eigenvalue weighted by molar-refractivity contribution is 6.08. The number of amides is 4. The number of nitrogens with zero attached hydrogens (tertiary/aromatic N) is 1. The molecule has 1 saturated carbocycles. The summed E-state index contributed by atoms with van der Waals surface area (Å²) in [5, 5.41) is 3.43. The summed E-state index contributed by atoms with van der Waals surface area (Å²) in [6.07, 6.45) is 5.81. The molecule has 0 aromatic heterocycles. The van der Waals surface area contributed by atoms with Crippen molar-refractivity contribution in [1.82, 2.24) is 15.8 Å². The van der Waals surface area contributed by atoms with Crippen LogP contribution in [0.15, 0.2) is 18.2 Å². The number of carbonyl (C=O) groups is 4. The third-order valence-corrected chi connectivity index (χ3v) is 6.19. The minimum atomic E-state index is -0.933. The number of hydrogen-bond acceptors (Lipinski definition) is 5. The fraction of sp³-hybridized carbons (Fsp3) is 0.524. The van der Waals surface area contributed by atoms with Crippen LogP contribution in [-0.2, 0) is 27.2 Å². The lowest BCUT2D eigenvalue weighted by atomic mass is 9.77. The largest absolute Gasteiger partial charge is 0.452 e. The molecule has 2 N–H and O–H groups in total. The average Bonchev–Trinajstić information content (AvgIpc) is 3.26. The van der Waals surface area contributed by atoms with Crippen LogP contribution in [0.5, 0.6) is 0 Å². The lowest BCUT2D eigenvalue weighted by Gasteiger charge is -2.33. The molecule has 1 aliphatic heterocycles.